The van der Waals surface area contributed by atoms with Crippen molar-refractivity contribution in [2.45, 2.75) is 41.0 Å². The fourth-order valence-electron chi connectivity index (χ4n) is 4.49. The summed E-state index contributed by atoms with van der Waals surface area (Å²) in [6, 6.07) is 18.6. The summed E-state index contributed by atoms with van der Waals surface area (Å²) in [4.78, 5) is 14.3. The van der Waals surface area contributed by atoms with Gasteiger partial charge in [0.1, 0.15) is 28.7 Å². The quantitative estimate of drug-likeness (QED) is 0.318. The Morgan fingerprint density at radius 1 is 0.889 bits per heavy atom. The van der Waals surface area contributed by atoms with Gasteiger partial charge in [-0.3, -0.25) is 0 Å². The molecule has 5 rings (SSSR count). The van der Waals surface area contributed by atoms with Gasteiger partial charge in [0.2, 0.25) is 0 Å². The molecule has 0 fully saturated rings. The minimum Gasteiger partial charge on any atom is -0.494 e. The van der Waals surface area contributed by atoms with E-state index in [1.54, 1.807) is 7.11 Å². The molecule has 36 heavy (non-hydrogen) atoms. The van der Waals surface area contributed by atoms with E-state index in [1.165, 1.54) is 11.1 Å². The van der Waals surface area contributed by atoms with Crippen molar-refractivity contribution in [3.63, 3.8) is 0 Å². The summed E-state index contributed by atoms with van der Waals surface area (Å²) in [5.41, 5.74) is 7.24. The Balaban J connectivity index is 1.59. The Hall–Kier alpha value is -4.26. The van der Waals surface area contributed by atoms with Gasteiger partial charge in [0.25, 0.3) is 0 Å². The van der Waals surface area contributed by atoms with Crippen LogP contribution in [-0.4, -0.2) is 31.8 Å². The summed E-state index contributed by atoms with van der Waals surface area (Å²) in [6.07, 6.45) is 0.729. The molecule has 0 saturated heterocycles. The SMILES string of the molecule is COc1cccc2c(C)cc(-n3nc(C)cc3Nc3nc(C)nc(C)c3Cc3ccc(C)cc3)nc12. The van der Waals surface area contributed by atoms with E-state index in [0.29, 0.717) is 5.82 Å². The maximum atomic E-state index is 5.59. The molecular weight excluding hydrogens is 448 g/mol. The molecule has 7 heteroatoms. The molecule has 0 radical (unpaired) electrons. The van der Waals surface area contributed by atoms with E-state index in [0.717, 1.165) is 63.0 Å². The highest BCUT2D eigenvalue weighted by molar-refractivity contribution is 5.88. The Kier molecular flexibility index (Phi) is 6.14. The molecule has 0 bridgehead atoms. The molecule has 5 aromatic rings. The molecule has 0 aliphatic carbocycles. The lowest BCUT2D eigenvalue weighted by Gasteiger charge is -2.16. The van der Waals surface area contributed by atoms with E-state index in [1.807, 2.05) is 49.7 Å². The second-order valence-corrected chi connectivity index (χ2v) is 9.21. The minimum atomic E-state index is 0.711. The zero-order valence-electron chi connectivity index (χ0n) is 21.5. The molecule has 0 spiro atoms. The molecule has 0 saturated carbocycles. The van der Waals surface area contributed by atoms with Gasteiger partial charge in [-0.25, -0.2) is 15.0 Å². The largest absolute Gasteiger partial charge is 0.494 e. The van der Waals surface area contributed by atoms with E-state index in [2.05, 4.69) is 54.5 Å². The van der Waals surface area contributed by atoms with Crippen LogP contribution in [0.1, 0.15) is 39.5 Å². The van der Waals surface area contributed by atoms with Crippen LogP contribution in [-0.2, 0) is 6.42 Å². The molecule has 0 amide bonds. The molecule has 2 aromatic carbocycles. The number of aryl methyl sites for hydroxylation is 5. The molecule has 0 unspecified atom stereocenters. The van der Waals surface area contributed by atoms with Gasteiger partial charge in [0.15, 0.2) is 5.82 Å². The lowest BCUT2D eigenvalue weighted by molar-refractivity contribution is 0.419. The predicted octanol–water partition coefficient (Wildman–Crippen LogP) is 6.10. The number of rotatable bonds is 6. The molecule has 0 aliphatic rings. The lowest BCUT2D eigenvalue weighted by Crippen LogP contribution is -2.10. The number of hydrogen-bond acceptors (Lipinski definition) is 6. The molecule has 1 N–H and O–H groups in total. The number of anilines is 2. The Morgan fingerprint density at radius 3 is 2.42 bits per heavy atom. The second kappa shape index (κ2) is 9.41. The van der Waals surface area contributed by atoms with Gasteiger partial charge in [-0.1, -0.05) is 42.0 Å². The Morgan fingerprint density at radius 2 is 1.67 bits per heavy atom. The third-order valence-corrected chi connectivity index (χ3v) is 6.34. The number of para-hydroxylation sites is 1. The van der Waals surface area contributed by atoms with Crippen LogP contribution in [0.2, 0.25) is 0 Å². The maximum absolute atomic E-state index is 5.59. The van der Waals surface area contributed by atoms with E-state index in [-0.39, 0.29) is 0 Å². The van der Waals surface area contributed by atoms with Crippen LogP contribution in [0.4, 0.5) is 11.6 Å². The van der Waals surface area contributed by atoms with Crippen LogP contribution in [0.3, 0.4) is 0 Å². The number of pyridine rings is 1. The standard InChI is InChI=1S/C29H30N6O/c1-17-10-12-22(13-11-17)16-24-20(4)30-21(5)31-29(24)33-27-15-19(3)34-35(27)26-14-18(2)23-8-7-9-25(36-6)28(23)32-26/h7-15H,16H2,1-6H3,(H,30,31,33). The van der Waals surface area contributed by atoms with E-state index < -0.39 is 0 Å². The lowest BCUT2D eigenvalue weighted by atomic mass is 10.0. The summed E-state index contributed by atoms with van der Waals surface area (Å²) in [5.74, 6) is 3.73. The average Bonchev–Trinajstić information content (AvgIpc) is 3.22. The average molecular weight is 479 g/mol. The van der Waals surface area contributed by atoms with Gasteiger partial charge in [-0.05, 0) is 57.9 Å². The van der Waals surface area contributed by atoms with Gasteiger partial charge in [0.05, 0.1) is 12.8 Å². The third-order valence-electron chi connectivity index (χ3n) is 6.34. The molecule has 3 heterocycles. The summed E-state index contributed by atoms with van der Waals surface area (Å²) in [7, 11) is 1.67. The zero-order valence-corrected chi connectivity index (χ0v) is 21.5. The molecule has 0 atom stereocenters. The molecule has 7 nitrogen and oxygen atoms in total. The van der Waals surface area contributed by atoms with Crippen molar-refractivity contribution in [3.8, 4) is 11.6 Å². The smallest absolute Gasteiger partial charge is 0.156 e. The highest BCUT2D eigenvalue weighted by Gasteiger charge is 2.17. The van der Waals surface area contributed by atoms with Gasteiger partial charge in [-0.15, -0.1) is 0 Å². The van der Waals surface area contributed by atoms with Crippen LogP contribution in [0.5, 0.6) is 5.75 Å². The molecule has 182 valence electrons. The van der Waals surface area contributed by atoms with Gasteiger partial charge >= 0.3 is 0 Å². The van der Waals surface area contributed by atoms with E-state index in [4.69, 9.17) is 19.8 Å². The van der Waals surface area contributed by atoms with Crippen LogP contribution >= 0.6 is 0 Å². The van der Waals surface area contributed by atoms with Crippen molar-refractivity contribution < 1.29 is 4.74 Å². The first-order chi connectivity index (χ1) is 17.3. The van der Waals surface area contributed by atoms with Crippen LogP contribution in [0.25, 0.3) is 16.7 Å². The normalized spacial score (nSPS) is 11.2. The monoisotopic (exact) mass is 478 g/mol. The topological polar surface area (TPSA) is 77.8 Å². The number of hydrogen-bond donors (Lipinski definition) is 1. The number of nitrogens with one attached hydrogen (secondary N) is 1. The number of fused-ring (bicyclic) bond motifs is 1. The first-order valence-electron chi connectivity index (χ1n) is 12.0. The predicted molar refractivity (Wildman–Crippen MR) is 144 cm³/mol. The van der Waals surface area contributed by atoms with Gasteiger partial charge < -0.3 is 10.1 Å². The van der Waals surface area contributed by atoms with Crippen molar-refractivity contribution in [3.05, 3.63) is 94.1 Å². The Labute approximate surface area is 211 Å². The van der Waals surface area contributed by atoms with Gasteiger partial charge in [0, 0.05) is 29.1 Å². The van der Waals surface area contributed by atoms with Crippen molar-refractivity contribution >= 4 is 22.5 Å². The first kappa shape index (κ1) is 23.5. The van der Waals surface area contributed by atoms with Crippen molar-refractivity contribution in [1.29, 1.82) is 0 Å². The van der Waals surface area contributed by atoms with Crippen LogP contribution < -0.4 is 10.1 Å². The summed E-state index contributed by atoms with van der Waals surface area (Å²) < 4.78 is 7.42. The zero-order chi connectivity index (χ0) is 25.4. The maximum Gasteiger partial charge on any atom is 0.156 e. The van der Waals surface area contributed by atoms with E-state index in [9.17, 15) is 0 Å². The van der Waals surface area contributed by atoms with Crippen LogP contribution in [0.15, 0.2) is 54.6 Å². The highest BCUT2D eigenvalue weighted by atomic mass is 16.5. The number of benzene rings is 2. The second-order valence-electron chi connectivity index (χ2n) is 9.21. The van der Waals surface area contributed by atoms with Crippen molar-refractivity contribution in [2.75, 3.05) is 12.4 Å². The number of nitrogens with zero attached hydrogens (tertiary/aromatic N) is 5. The molecule has 3 aromatic heterocycles. The fourth-order valence-corrected chi connectivity index (χ4v) is 4.49. The summed E-state index contributed by atoms with van der Waals surface area (Å²) >= 11 is 0. The highest BCUT2D eigenvalue weighted by Crippen LogP contribution is 2.30. The van der Waals surface area contributed by atoms with Gasteiger partial charge in [-0.2, -0.15) is 9.78 Å². The third kappa shape index (κ3) is 4.52. The Bertz CT molecular complexity index is 1570. The number of methoxy groups -OCH3 is 1. The minimum absolute atomic E-state index is 0.711. The van der Waals surface area contributed by atoms with Crippen molar-refractivity contribution in [2.24, 2.45) is 0 Å². The number of aromatic nitrogens is 5. The first-order valence-corrected chi connectivity index (χ1v) is 12.0. The fraction of sp³-hybridized carbons (Fsp3) is 0.241. The number of ether oxygens (including phenoxy) is 1. The van der Waals surface area contributed by atoms with Crippen LogP contribution in [0, 0.1) is 34.6 Å². The summed E-state index contributed by atoms with van der Waals surface area (Å²) in [6.45, 7) is 10.1. The molecule has 0 aliphatic heterocycles. The van der Waals surface area contributed by atoms with Crippen molar-refractivity contribution in [1.82, 2.24) is 24.7 Å². The molecular formula is C29H30N6O. The van der Waals surface area contributed by atoms with E-state index >= 15 is 0 Å². The summed E-state index contributed by atoms with van der Waals surface area (Å²) in [5, 5.41) is 9.36.